The van der Waals surface area contributed by atoms with Gasteiger partial charge >= 0.3 is 0 Å². The molecule has 7 heteroatoms. The number of hydrogen-bond donors (Lipinski definition) is 0. The molecule has 0 aliphatic rings. The molecule has 1 heterocycles. The van der Waals surface area contributed by atoms with E-state index in [1.807, 2.05) is 36.4 Å². The Morgan fingerprint density at radius 2 is 1.76 bits per heavy atom. The van der Waals surface area contributed by atoms with E-state index in [0.29, 0.717) is 16.5 Å². The molecule has 0 fully saturated rings. The molecule has 0 atom stereocenters. The van der Waals surface area contributed by atoms with Crippen molar-refractivity contribution in [1.29, 1.82) is 0 Å². The summed E-state index contributed by atoms with van der Waals surface area (Å²) in [6.07, 6.45) is 1.55. The zero-order valence-corrected chi connectivity index (χ0v) is 15.8. The summed E-state index contributed by atoms with van der Waals surface area (Å²) in [6.45, 7) is 2.80. The first-order valence-electron chi connectivity index (χ1n) is 7.57. The molecule has 3 rings (SSSR count). The molecule has 0 aliphatic carbocycles. The summed E-state index contributed by atoms with van der Waals surface area (Å²) in [7, 11) is 3.22. The molecule has 0 amide bonds. The molecule has 5 nitrogen and oxygen atoms in total. The summed E-state index contributed by atoms with van der Waals surface area (Å²) in [5, 5.41) is 1.57. The molecular weight excluding hydrogens is 361 g/mol. The zero-order chi connectivity index (χ0) is 17.1. The first-order valence-corrected chi connectivity index (χ1v) is 7.95. The number of anilines is 2. The fourth-order valence-corrected chi connectivity index (χ4v) is 2.87. The summed E-state index contributed by atoms with van der Waals surface area (Å²) in [4.78, 5) is 10.9. The van der Waals surface area contributed by atoms with Gasteiger partial charge in [-0.1, -0.05) is 17.7 Å². The lowest BCUT2D eigenvalue weighted by Gasteiger charge is -2.23. The van der Waals surface area contributed by atoms with Crippen molar-refractivity contribution in [2.45, 2.75) is 6.92 Å². The average molecular weight is 380 g/mol. The number of halogens is 2. The number of ether oxygens (including phenoxy) is 2. The molecule has 0 radical (unpaired) electrons. The summed E-state index contributed by atoms with van der Waals surface area (Å²) in [5.41, 5.74) is 1.76. The minimum absolute atomic E-state index is 0. The second-order valence-corrected chi connectivity index (χ2v) is 5.58. The maximum Gasteiger partial charge on any atom is 0.162 e. The van der Waals surface area contributed by atoms with Crippen LogP contribution >= 0.6 is 24.0 Å². The Morgan fingerprint density at radius 1 is 1.04 bits per heavy atom. The molecule has 1 aromatic heterocycles. The lowest BCUT2D eigenvalue weighted by Crippen LogP contribution is -2.18. The second-order valence-electron chi connectivity index (χ2n) is 5.15. The van der Waals surface area contributed by atoms with Crippen LogP contribution in [-0.4, -0.2) is 30.7 Å². The standard InChI is InChI=1S/C18H18ClN3O2.ClH/c1-4-22(13-7-5-6-12(19)8-13)18-14-9-16(23-2)17(24-3)10-15(14)20-11-21-18;/h5-11H,4H2,1-3H3;1H. The van der Waals surface area contributed by atoms with E-state index in [0.717, 1.165) is 29.0 Å². The molecule has 0 saturated heterocycles. The van der Waals surface area contributed by atoms with Gasteiger partial charge in [0.15, 0.2) is 11.5 Å². The largest absolute Gasteiger partial charge is 0.493 e. The van der Waals surface area contributed by atoms with Crippen LogP contribution < -0.4 is 14.4 Å². The Hall–Kier alpha value is -2.24. The lowest BCUT2D eigenvalue weighted by molar-refractivity contribution is 0.356. The van der Waals surface area contributed by atoms with Gasteiger partial charge in [-0.15, -0.1) is 12.4 Å². The average Bonchev–Trinajstić information content (AvgIpc) is 2.61. The zero-order valence-electron chi connectivity index (χ0n) is 14.2. The van der Waals surface area contributed by atoms with Crippen LogP contribution in [0.1, 0.15) is 6.92 Å². The number of fused-ring (bicyclic) bond motifs is 1. The van der Waals surface area contributed by atoms with E-state index in [4.69, 9.17) is 21.1 Å². The van der Waals surface area contributed by atoms with E-state index in [9.17, 15) is 0 Å². The summed E-state index contributed by atoms with van der Waals surface area (Å²) >= 11 is 6.14. The molecule has 3 aromatic rings. The highest BCUT2D eigenvalue weighted by Crippen LogP contribution is 2.36. The van der Waals surface area contributed by atoms with E-state index in [2.05, 4.69) is 21.8 Å². The monoisotopic (exact) mass is 379 g/mol. The van der Waals surface area contributed by atoms with Crippen molar-refractivity contribution in [2.24, 2.45) is 0 Å². The highest BCUT2D eigenvalue weighted by Gasteiger charge is 2.16. The van der Waals surface area contributed by atoms with Crippen LogP contribution in [0.25, 0.3) is 10.9 Å². The highest BCUT2D eigenvalue weighted by molar-refractivity contribution is 6.30. The molecule has 0 N–H and O–H groups in total. The smallest absolute Gasteiger partial charge is 0.162 e. The number of rotatable bonds is 5. The van der Waals surface area contributed by atoms with E-state index in [1.54, 1.807) is 20.5 Å². The van der Waals surface area contributed by atoms with Crippen molar-refractivity contribution >= 4 is 46.4 Å². The van der Waals surface area contributed by atoms with Crippen molar-refractivity contribution in [1.82, 2.24) is 9.97 Å². The van der Waals surface area contributed by atoms with Gasteiger partial charge in [0.1, 0.15) is 12.1 Å². The third kappa shape index (κ3) is 3.72. The molecule has 0 unspecified atom stereocenters. The quantitative estimate of drug-likeness (QED) is 0.631. The van der Waals surface area contributed by atoms with E-state index in [-0.39, 0.29) is 12.4 Å². The number of nitrogens with zero attached hydrogens (tertiary/aromatic N) is 3. The predicted octanol–water partition coefficient (Wildman–Crippen LogP) is 4.88. The van der Waals surface area contributed by atoms with Gasteiger partial charge in [-0.3, -0.25) is 0 Å². The van der Waals surface area contributed by atoms with Gasteiger partial charge in [-0.2, -0.15) is 0 Å². The Balaban J connectivity index is 0.00000225. The van der Waals surface area contributed by atoms with Crippen molar-refractivity contribution < 1.29 is 9.47 Å². The fourth-order valence-electron chi connectivity index (χ4n) is 2.68. The maximum absolute atomic E-state index is 6.14. The van der Waals surface area contributed by atoms with Crippen molar-refractivity contribution in [3.05, 3.63) is 47.7 Å². The van der Waals surface area contributed by atoms with Gasteiger partial charge in [0, 0.05) is 28.7 Å². The van der Waals surface area contributed by atoms with Gasteiger partial charge in [-0.05, 0) is 31.2 Å². The third-order valence-corrected chi connectivity index (χ3v) is 4.05. The molecule has 0 saturated carbocycles. The van der Waals surface area contributed by atoms with Crippen LogP contribution in [0.2, 0.25) is 5.02 Å². The Kier molecular flexibility index (Phi) is 6.28. The summed E-state index contributed by atoms with van der Waals surface area (Å²) in [5.74, 6) is 2.08. The van der Waals surface area contributed by atoms with Crippen molar-refractivity contribution in [3.63, 3.8) is 0 Å². The fraction of sp³-hybridized carbons (Fsp3) is 0.222. The van der Waals surface area contributed by atoms with Crippen LogP contribution in [0.15, 0.2) is 42.7 Å². The van der Waals surface area contributed by atoms with E-state index >= 15 is 0 Å². The third-order valence-electron chi connectivity index (χ3n) is 3.81. The van der Waals surface area contributed by atoms with Gasteiger partial charge < -0.3 is 14.4 Å². The SMILES string of the molecule is CCN(c1cccc(Cl)c1)c1ncnc2cc(OC)c(OC)cc12.Cl. The molecule has 0 aliphatic heterocycles. The van der Waals surface area contributed by atoms with Crippen LogP contribution in [-0.2, 0) is 0 Å². The summed E-state index contributed by atoms with van der Waals surface area (Å²) in [6, 6.07) is 11.4. The van der Waals surface area contributed by atoms with Gasteiger partial charge in [0.25, 0.3) is 0 Å². The maximum atomic E-state index is 6.14. The first kappa shape index (κ1) is 19.1. The highest BCUT2D eigenvalue weighted by atomic mass is 35.5. The molecule has 2 aromatic carbocycles. The number of benzene rings is 2. The topological polar surface area (TPSA) is 47.5 Å². The lowest BCUT2D eigenvalue weighted by atomic mass is 10.2. The van der Waals surface area contributed by atoms with Gasteiger partial charge in [0.2, 0.25) is 0 Å². The van der Waals surface area contributed by atoms with Gasteiger partial charge in [0.05, 0.1) is 19.7 Å². The van der Waals surface area contributed by atoms with Gasteiger partial charge in [-0.25, -0.2) is 9.97 Å². The second kappa shape index (κ2) is 8.23. The predicted molar refractivity (Wildman–Crippen MR) is 104 cm³/mol. The Morgan fingerprint density at radius 3 is 2.40 bits per heavy atom. The van der Waals surface area contributed by atoms with E-state index in [1.165, 1.54) is 0 Å². The van der Waals surface area contributed by atoms with Crippen LogP contribution in [0.3, 0.4) is 0 Å². The molecule has 132 valence electrons. The molecular formula is C18H19Cl2N3O2. The van der Waals surface area contributed by atoms with Crippen LogP contribution in [0.5, 0.6) is 11.5 Å². The molecule has 0 bridgehead atoms. The van der Waals surface area contributed by atoms with Crippen LogP contribution in [0, 0.1) is 0 Å². The number of methoxy groups -OCH3 is 2. The molecule has 25 heavy (non-hydrogen) atoms. The Bertz CT molecular complexity index is 874. The van der Waals surface area contributed by atoms with Crippen molar-refractivity contribution in [2.75, 3.05) is 25.7 Å². The van der Waals surface area contributed by atoms with Crippen LogP contribution in [0.4, 0.5) is 11.5 Å². The van der Waals surface area contributed by atoms with Crippen molar-refractivity contribution in [3.8, 4) is 11.5 Å². The van der Waals surface area contributed by atoms with E-state index < -0.39 is 0 Å². The normalized spacial score (nSPS) is 10.2. The summed E-state index contributed by atoms with van der Waals surface area (Å²) < 4.78 is 10.8. The minimum atomic E-state index is 0. The first-order chi connectivity index (χ1) is 11.7. The number of hydrogen-bond acceptors (Lipinski definition) is 5. The minimum Gasteiger partial charge on any atom is -0.493 e. The molecule has 0 spiro atoms. The Labute approximate surface area is 158 Å². The number of aromatic nitrogens is 2.